The molecule has 0 aromatic rings. The molecule has 1 fully saturated rings. The summed E-state index contributed by atoms with van der Waals surface area (Å²) < 4.78 is 0. The van der Waals surface area contributed by atoms with Gasteiger partial charge in [0.05, 0.1) is 0 Å². The zero-order valence-corrected chi connectivity index (χ0v) is 11.5. The second-order valence-corrected chi connectivity index (χ2v) is 5.52. The highest BCUT2D eigenvalue weighted by Crippen LogP contribution is 2.21. The summed E-state index contributed by atoms with van der Waals surface area (Å²) in [6, 6.07) is 0.875. The minimum Gasteiger partial charge on any atom is -0.315 e. The van der Waals surface area contributed by atoms with E-state index < -0.39 is 0 Å². The first-order valence-electron chi connectivity index (χ1n) is 7.18. The lowest BCUT2D eigenvalue weighted by Crippen LogP contribution is -2.41. The molecule has 0 amide bonds. The van der Waals surface area contributed by atoms with E-state index in [1.54, 1.807) is 0 Å². The fourth-order valence-corrected chi connectivity index (χ4v) is 2.66. The van der Waals surface area contributed by atoms with Crippen LogP contribution in [0.4, 0.5) is 0 Å². The number of hydrogen-bond donors (Lipinski definition) is 1. The van der Waals surface area contributed by atoms with Crippen molar-refractivity contribution in [3.8, 4) is 0 Å². The van der Waals surface area contributed by atoms with Crippen molar-refractivity contribution in [2.24, 2.45) is 5.92 Å². The summed E-state index contributed by atoms with van der Waals surface area (Å²) in [6.45, 7) is 11.6. The average molecular weight is 226 g/mol. The number of rotatable bonds is 7. The Balaban J connectivity index is 2.15. The van der Waals surface area contributed by atoms with Gasteiger partial charge in [0.2, 0.25) is 0 Å². The molecule has 96 valence electrons. The Kier molecular flexibility index (Phi) is 7.06. The van der Waals surface area contributed by atoms with Gasteiger partial charge in [0.1, 0.15) is 0 Å². The Morgan fingerprint density at radius 3 is 2.44 bits per heavy atom. The van der Waals surface area contributed by atoms with Crippen LogP contribution in [0.2, 0.25) is 0 Å². The normalized spacial score (nSPS) is 18.6. The highest BCUT2D eigenvalue weighted by molar-refractivity contribution is 4.75. The molecule has 2 nitrogen and oxygen atoms in total. The van der Waals surface area contributed by atoms with Crippen molar-refractivity contribution in [1.82, 2.24) is 10.2 Å². The molecule has 0 radical (unpaired) electrons. The van der Waals surface area contributed by atoms with Crippen LogP contribution in [0.5, 0.6) is 0 Å². The van der Waals surface area contributed by atoms with Crippen molar-refractivity contribution in [3.63, 3.8) is 0 Å². The third kappa shape index (κ3) is 5.31. The second kappa shape index (κ2) is 8.08. The predicted octanol–water partition coefficient (Wildman–Crippen LogP) is 2.89. The summed E-state index contributed by atoms with van der Waals surface area (Å²) in [4.78, 5) is 2.67. The maximum Gasteiger partial charge on any atom is 0.0110 e. The summed E-state index contributed by atoms with van der Waals surface area (Å²) in [5.41, 5.74) is 0. The topological polar surface area (TPSA) is 15.3 Å². The molecule has 0 aromatic heterocycles. The van der Waals surface area contributed by atoms with Crippen LogP contribution in [-0.4, -0.2) is 37.1 Å². The Bertz CT molecular complexity index is 162. The van der Waals surface area contributed by atoms with Gasteiger partial charge in [-0.3, -0.25) is 4.90 Å². The Labute approximate surface area is 102 Å². The van der Waals surface area contributed by atoms with E-state index in [-0.39, 0.29) is 0 Å². The van der Waals surface area contributed by atoms with Gasteiger partial charge >= 0.3 is 0 Å². The molecular weight excluding hydrogens is 196 g/mol. The van der Waals surface area contributed by atoms with Crippen molar-refractivity contribution < 1.29 is 0 Å². The van der Waals surface area contributed by atoms with Crippen LogP contribution in [-0.2, 0) is 0 Å². The maximum absolute atomic E-state index is 3.55. The van der Waals surface area contributed by atoms with Crippen molar-refractivity contribution in [2.45, 2.75) is 58.9 Å². The molecule has 0 saturated heterocycles. The summed E-state index contributed by atoms with van der Waals surface area (Å²) >= 11 is 0. The van der Waals surface area contributed by atoms with E-state index in [1.807, 2.05) is 0 Å². The molecule has 0 aromatic carbocycles. The lowest BCUT2D eigenvalue weighted by Gasteiger charge is -2.33. The second-order valence-electron chi connectivity index (χ2n) is 5.52. The van der Waals surface area contributed by atoms with Gasteiger partial charge < -0.3 is 5.32 Å². The number of likely N-dealkylation sites (N-methyl/N-ethyl adjacent to an activating group) is 1. The molecule has 0 bridgehead atoms. The average Bonchev–Trinajstić information content (AvgIpc) is 2.30. The molecule has 16 heavy (non-hydrogen) atoms. The van der Waals surface area contributed by atoms with Crippen LogP contribution in [0.15, 0.2) is 0 Å². The van der Waals surface area contributed by atoms with Gasteiger partial charge in [-0.1, -0.05) is 40.0 Å². The quantitative estimate of drug-likeness (QED) is 0.672. The van der Waals surface area contributed by atoms with Gasteiger partial charge in [0.25, 0.3) is 0 Å². The first-order valence-corrected chi connectivity index (χ1v) is 7.18. The van der Waals surface area contributed by atoms with Gasteiger partial charge in [-0.25, -0.2) is 0 Å². The third-order valence-electron chi connectivity index (χ3n) is 3.63. The minimum absolute atomic E-state index is 0.768. The van der Waals surface area contributed by atoms with Crippen LogP contribution in [0.3, 0.4) is 0 Å². The van der Waals surface area contributed by atoms with Crippen molar-refractivity contribution in [2.75, 3.05) is 26.2 Å². The van der Waals surface area contributed by atoms with E-state index in [2.05, 4.69) is 31.0 Å². The van der Waals surface area contributed by atoms with Gasteiger partial charge in [-0.2, -0.15) is 0 Å². The number of hydrogen-bond acceptors (Lipinski definition) is 2. The summed E-state index contributed by atoms with van der Waals surface area (Å²) in [5.74, 6) is 0.768. The molecule has 2 heteroatoms. The number of nitrogens with one attached hydrogen (secondary N) is 1. The first-order chi connectivity index (χ1) is 7.74. The van der Waals surface area contributed by atoms with Crippen molar-refractivity contribution in [1.29, 1.82) is 0 Å². The van der Waals surface area contributed by atoms with Crippen LogP contribution >= 0.6 is 0 Å². The smallest absolute Gasteiger partial charge is 0.0110 e. The molecule has 0 unspecified atom stereocenters. The first kappa shape index (κ1) is 14.0. The fourth-order valence-electron chi connectivity index (χ4n) is 2.66. The lowest BCUT2D eigenvalue weighted by molar-refractivity contribution is 0.164. The summed E-state index contributed by atoms with van der Waals surface area (Å²) in [6.07, 6.45) is 7.21. The van der Waals surface area contributed by atoms with Gasteiger partial charge in [0.15, 0.2) is 0 Å². The molecule has 0 heterocycles. The molecule has 0 atom stereocenters. The number of nitrogens with zero attached hydrogens (tertiary/aromatic N) is 1. The van der Waals surface area contributed by atoms with E-state index >= 15 is 0 Å². The predicted molar refractivity (Wildman–Crippen MR) is 71.8 cm³/mol. The van der Waals surface area contributed by atoms with E-state index in [1.165, 1.54) is 45.2 Å². The summed E-state index contributed by atoms with van der Waals surface area (Å²) in [7, 11) is 0. The molecular formula is C14H30N2. The highest BCUT2D eigenvalue weighted by Gasteiger charge is 2.18. The fraction of sp³-hybridized carbons (Fsp3) is 1.00. The van der Waals surface area contributed by atoms with Gasteiger partial charge in [-0.05, 0) is 31.8 Å². The van der Waals surface area contributed by atoms with Crippen molar-refractivity contribution >= 4 is 0 Å². The van der Waals surface area contributed by atoms with E-state index in [0.29, 0.717) is 0 Å². The zero-order valence-electron chi connectivity index (χ0n) is 11.5. The van der Waals surface area contributed by atoms with Crippen LogP contribution in [0, 0.1) is 5.92 Å². The SMILES string of the molecule is CCN(CCNCC(C)C)C1CCCCC1. The molecule has 0 aliphatic heterocycles. The van der Waals surface area contributed by atoms with Crippen molar-refractivity contribution in [3.05, 3.63) is 0 Å². The van der Waals surface area contributed by atoms with Crippen LogP contribution in [0.1, 0.15) is 52.9 Å². The van der Waals surface area contributed by atoms with Gasteiger partial charge in [0, 0.05) is 19.1 Å². The highest BCUT2D eigenvalue weighted by atomic mass is 15.2. The van der Waals surface area contributed by atoms with Crippen LogP contribution in [0.25, 0.3) is 0 Å². The lowest BCUT2D eigenvalue weighted by atomic mass is 9.94. The van der Waals surface area contributed by atoms with E-state index in [0.717, 1.165) is 25.0 Å². The molecule has 1 rings (SSSR count). The standard InChI is InChI=1S/C14H30N2/c1-4-16(11-10-15-12-13(2)3)14-8-6-5-7-9-14/h13-15H,4-12H2,1-3H3. The Morgan fingerprint density at radius 2 is 1.88 bits per heavy atom. The molecule has 1 saturated carbocycles. The summed E-state index contributed by atoms with van der Waals surface area (Å²) in [5, 5.41) is 3.55. The molecule has 1 N–H and O–H groups in total. The Hall–Kier alpha value is -0.0800. The Morgan fingerprint density at radius 1 is 1.19 bits per heavy atom. The minimum atomic E-state index is 0.768. The third-order valence-corrected chi connectivity index (χ3v) is 3.63. The largest absolute Gasteiger partial charge is 0.315 e. The maximum atomic E-state index is 3.55. The van der Waals surface area contributed by atoms with E-state index in [9.17, 15) is 0 Å². The van der Waals surface area contributed by atoms with Gasteiger partial charge in [-0.15, -0.1) is 0 Å². The zero-order chi connectivity index (χ0) is 11.8. The molecule has 1 aliphatic carbocycles. The van der Waals surface area contributed by atoms with Crippen LogP contribution < -0.4 is 5.32 Å². The molecule has 1 aliphatic rings. The molecule has 0 spiro atoms. The van der Waals surface area contributed by atoms with E-state index in [4.69, 9.17) is 0 Å². The monoisotopic (exact) mass is 226 g/mol.